The van der Waals surface area contributed by atoms with Gasteiger partial charge in [-0.15, -0.1) is 0 Å². The fraction of sp³-hybridized carbons (Fsp3) is 0.583. The van der Waals surface area contributed by atoms with Crippen molar-refractivity contribution in [1.29, 1.82) is 0 Å². The molecule has 0 radical (unpaired) electrons. The highest BCUT2D eigenvalue weighted by Gasteiger charge is 2.18. The lowest BCUT2D eigenvalue weighted by Gasteiger charge is -2.19. The number of esters is 1. The van der Waals surface area contributed by atoms with Crippen molar-refractivity contribution in [2.75, 3.05) is 0 Å². The van der Waals surface area contributed by atoms with Gasteiger partial charge >= 0.3 is 5.97 Å². The molecule has 0 aliphatic rings. The van der Waals surface area contributed by atoms with Crippen LogP contribution in [0.15, 0.2) is 11.6 Å². The predicted molar refractivity (Wildman–Crippen MR) is 59.9 cm³/mol. The highest BCUT2D eigenvalue weighted by molar-refractivity contribution is 6.07. The quantitative estimate of drug-likeness (QED) is 0.417. The van der Waals surface area contributed by atoms with Crippen LogP contribution in [0.3, 0.4) is 0 Å². The lowest BCUT2D eigenvalue weighted by Crippen LogP contribution is -2.24. The zero-order valence-electron chi connectivity index (χ0n) is 10.4. The number of ketones is 2. The third-order valence-electron chi connectivity index (χ3n) is 1.52. The van der Waals surface area contributed by atoms with Crippen LogP contribution in [0.25, 0.3) is 0 Å². The molecular formula is C12H18O4. The van der Waals surface area contributed by atoms with Crippen LogP contribution >= 0.6 is 0 Å². The number of ether oxygens (including phenoxy) is 1. The van der Waals surface area contributed by atoms with Crippen LogP contribution in [0, 0.1) is 0 Å². The van der Waals surface area contributed by atoms with Gasteiger partial charge < -0.3 is 4.74 Å². The first-order valence-corrected chi connectivity index (χ1v) is 5.06. The van der Waals surface area contributed by atoms with Crippen LogP contribution in [0.2, 0.25) is 0 Å². The standard InChI is InChI=1S/C12H18O4/c1-8(6-10(14)7-9(2)13)11(15)16-12(3,4)5/h6H,7H2,1-5H3. The van der Waals surface area contributed by atoms with E-state index < -0.39 is 11.6 Å². The molecule has 0 aromatic carbocycles. The van der Waals surface area contributed by atoms with Crippen molar-refractivity contribution in [2.24, 2.45) is 0 Å². The van der Waals surface area contributed by atoms with Crippen LogP contribution in [0.5, 0.6) is 0 Å². The molecule has 4 heteroatoms. The Morgan fingerprint density at radius 3 is 2.00 bits per heavy atom. The summed E-state index contributed by atoms with van der Waals surface area (Å²) in [6, 6.07) is 0. The van der Waals surface area contributed by atoms with Crippen LogP contribution in [0.1, 0.15) is 41.0 Å². The maximum atomic E-state index is 11.5. The second-order valence-corrected chi connectivity index (χ2v) is 4.67. The fourth-order valence-electron chi connectivity index (χ4n) is 0.955. The van der Waals surface area contributed by atoms with Gasteiger partial charge in [-0.2, -0.15) is 0 Å². The second kappa shape index (κ2) is 5.58. The van der Waals surface area contributed by atoms with Crippen LogP contribution in [-0.4, -0.2) is 23.1 Å². The molecular weight excluding hydrogens is 208 g/mol. The SMILES string of the molecule is CC(=O)CC(=O)C=C(C)C(=O)OC(C)(C)C. The molecule has 0 aromatic heterocycles. The van der Waals surface area contributed by atoms with Crippen molar-refractivity contribution in [3.05, 3.63) is 11.6 Å². The molecule has 0 atom stereocenters. The Morgan fingerprint density at radius 2 is 1.62 bits per heavy atom. The zero-order chi connectivity index (χ0) is 12.9. The summed E-state index contributed by atoms with van der Waals surface area (Å²) >= 11 is 0. The maximum absolute atomic E-state index is 11.5. The summed E-state index contributed by atoms with van der Waals surface area (Å²) in [5, 5.41) is 0. The number of allylic oxidation sites excluding steroid dienone is 1. The first-order valence-electron chi connectivity index (χ1n) is 5.06. The summed E-state index contributed by atoms with van der Waals surface area (Å²) in [6.45, 7) is 8.06. The van der Waals surface area contributed by atoms with Gasteiger partial charge in [0.05, 0.1) is 6.42 Å². The zero-order valence-corrected chi connectivity index (χ0v) is 10.4. The summed E-state index contributed by atoms with van der Waals surface area (Å²) in [5.74, 6) is -1.14. The van der Waals surface area contributed by atoms with Gasteiger partial charge in [0, 0.05) is 5.57 Å². The lowest BCUT2D eigenvalue weighted by atomic mass is 10.1. The molecule has 16 heavy (non-hydrogen) atoms. The fourth-order valence-corrected chi connectivity index (χ4v) is 0.955. The summed E-state index contributed by atoms with van der Waals surface area (Å²) in [5.41, 5.74) is -0.378. The first-order chi connectivity index (χ1) is 7.11. The molecule has 0 rings (SSSR count). The van der Waals surface area contributed by atoms with Gasteiger partial charge in [-0.05, 0) is 40.7 Å². The summed E-state index contributed by atoms with van der Waals surface area (Å²) in [4.78, 5) is 33.3. The Hall–Kier alpha value is -1.45. The normalized spacial score (nSPS) is 12.2. The number of rotatable bonds is 4. The van der Waals surface area contributed by atoms with Crippen molar-refractivity contribution in [3.8, 4) is 0 Å². The summed E-state index contributed by atoms with van der Waals surface area (Å²) in [7, 11) is 0. The largest absolute Gasteiger partial charge is 0.457 e. The van der Waals surface area contributed by atoms with Crippen molar-refractivity contribution in [1.82, 2.24) is 0 Å². The maximum Gasteiger partial charge on any atom is 0.334 e. The number of hydrogen-bond acceptors (Lipinski definition) is 4. The topological polar surface area (TPSA) is 60.4 Å². The van der Waals surface area contributed by atoms with Gasteiger partial charge in [-0.25, -0.2) is 4.79 Å². The minimum Gasteiger partial charge on any atom is -0.457 e. The molecule has 0 N–H and O–H groups in total. The average molecular weight is 226 g/mol. The Morgan fingerprint density at radius 1 is 1.12 bits per heavy atom. The Balaban J connectivity index is 4.49. The van der Waals surface area contributed by atoms with E-state index in [1.54, 1.807) is 20.8 Å². The third-order valence-corrected chi connectivity index (χ3v) is 1.52. The molecule has 0 unspecified atom stereocenters. The molecule has 0 amide bonds. The van der Waals surface area contributed by atoms with Crippen molar-refractivity contribution in [2.45, 2.75) is 46.6 Å². The van der Waals surface area contributed by atoms with E-state index in [1.165, 1.54) is 13.8 Å². The van der Waals surface area contributed by atoms with Gasteiger partial charge in [0.15, 0.2) is 5.78 Å². The van der Waals surface area contributed by atoms with E-state index >= 15 is 0 Å². The number of carbonyl (C=O) groups is 3. The Bertz CT molecular complexity index is 331. The number of carbonyl (C=O) groups excluding carboxylic acids is 3. The second-order valence-electron chi connectivity index (χ2n) is 4.67. The molecule has 0 aliphatic heterocycles. The van der Waals surface area contributed by atoms with Gasteiger partial charge in [0.1, 0.15) is 11.4 Å². The van der Waals surface area contributed by atoms with E-state index in [0.29, 0.717) is 0 Å². The smallest absolute Gasteiger partial charge is 0.334 e. The Kier molecular flexibility index (Phi) is 5.08. The highest BCUT2D eigenvalue weighted by Crippen LogP contribution is 2.10. The van der Waals surface area contributed by atoms with Gasteiger partial charge in [0.25, 0.3) is 0 Å². The van der Waals surface area contributed by atoms with Gasteiger partial charge in [0.2, 0.25) is 0 Å². The van der Waals surface area contributed by atoms with Crippen LogP contribution in [-0.2, 0) is 19.1 Å². The highest BCUT2D eigenvalue weighted by atomic mass is 16.6. The van der Waals surface area contributed by atoms with Crippen molar-refractivity contribution in [3.63, 3.8) is 0 Å². The lowest BCUT2D eigenvalue weighted by molar-refractivity contribution is -0.150. The molecule has 0 aromatic rings. The average Bonchev–Trinajstić information content (AvgIpc) is 1.98. The van der Waals surface area contributed by atoms with E-state index in [4.69, 9.17) is 4.74 Å². The predicted octanol–water partition coefficient (Wildman–Crippen LogP) is 1.82. The molecule has 0 aliphatic carbocycles. The van der Waals surface area contributed by atoms with Gasteiger partial charge in [-0.3, -0.25) is 9.59 Å². The monoisotopic (exact) mass is 226 g/mol. The van der Waals surface area contributed by atoms with E-state index in [9.17, 15) is 14.4 Å². The molecule has 4 nitrogen and oxygen atoms in total. The van der Waals surface area contributed by atoms with E-state index in [-0.39, 0.29) is 23.6 Å². The van der Waals surface area contributed by atoms with Crippen LogP contribution < -0.4 is 0 Å². The number of hydrogen-bond donors (Lipinski definition) is 0. The minimum absolute atomic E-state index is 0.180. The molecule has 0 spiro atoms. The van der Waals surface area contributed by atoms with E-state index in [1.807, 2.05) is 0 Å². The minimum atomic E-state index is -0.587. The number of Topliss-reactive ketones (excluding diaryl/α,β-unsaturated/α-hetero) is 1. The molecule has 0 heterocycles. The molecule has 0 saturated heterocycles. The summed E-state index contributed by atoms with van der Waals surface area (Å²) in [6.07, 6.45) is 0.968. The van der Waals surface area contributed by atoms with E-state index in [2.05, 4.69) is 0 Å². The van der Waals surface area contributed by atoms with Crippen molar-refractivity contribution < 1.29 is 19.1 Å². The van der Waals surface area contributed by atoms with E-state index in [0.717, 1.165) is 6.08 Å². The molecule has 0 bridgehead atoms. The van der Waals surface area contributed by atoms with Crippen molar-refractivity contribution >= 4 is 17.5 Å². The summed E-state index contributed by atoms with van der Waals surface area (Å²) < 4.78 is 5.06. The third kappa shape index (κ3) is 6.92. The van der Waals surface area contributed by atoms with Gasteiger partial charge in [-0.1, -0.05) is 0 Å². The van der Waals surface area contributed by atoms with Crippen LogP contribution in [0.4, 0.5) is 0 Å². The molecule has 90 valence electrons. The first kappa shape index (κ1) is 14.6. The molecule has 0 fully saturated rings. The molecule has 0 saturated carbocycles. The Labute approximate surface area is 95.7 Å².